The van der Waals surface area contributed by atoms with Crippen molar-refractivity contribution in [1.82, 2.24) is 14.8 Å². The smallest absolute Gasteiger partial charge is 0.307 e. The lowest BCUT2D eigenvalue weighted by molar-refractivity contribution is 0.262. The molecular formula is C32H31N5O. The molecule has 5 rings (SSSR count). The van der Waals surface area contributed by atoms with E-state index in [0.717, 1.165) is 44.5 Å². The number of carbonyl (C=O) groups is 1. The molecule has 0 bridgehead atoms. The highest BCUT2D eigenvalue weighted by Gasteiger charge is 2.21. The minimum absolute atomic E-state index is 0.168. The standard InChI is InChI=1S/C32H31N5O/c1-22-9-14-25(15-10-22)37-30(21-29(36-37)32(2,3)4)35-31(38)34-28-16-13-24(26-7-5-6-8-27(26)28)12-11-23-17-19-33-20-18-23/h5-21H,1-4H3,(H2,34,35,38). The SMILES string of the molecule is Cc1ccc(-n2nc(C(C)(C)C)cc2NC(=O)Nc2ccc(C=Cc3ccncc3)c3ccccc23)cc1. The Hall–Kier alpha value is -4.71. The van der Waals surface area contributed by atoms with E-state index in [9.17, 15) is 4.79 Å². The van der Waals surface area contributed by atoms with Crippen LogP contribution in [0.3, 0.4) is 0 Å². The van der Waals surface area contributed by atoms with Crippen molar-refractivity contribution in [3.8, 4) is 5.69 Å². The maximum Gasteiger partial charge on any atom is 0.324 e. The number of aromatic nitrogens is 3. The number of benzene rings is 3. The molecule has 3 aromatic carbocycles. The van der Waals surface area contributed by atoms with E-state index in [1.807, 2.05) is 79.7 Å². The second-order valence-corrected chi connectivity index (χ2v) is 10.4. The monoisotopic (exact) mass is 501 g/mol. The fraction of sp³-hybridized carbons (Fsp3) is 0.156. The van der Waals surface area contributed by atoms with Crippen LogP contribution >= 0.6 is 0 Å². The van der Waals surface area contributed by atoms with Crippen molar-refractivity contribution in [3.63, 3.8) is 0 Å². The van der Waals surface area contributed by atoms with Crippen molar-refractivity contribution in [2.24, 2.45) is 0 Å². The first-order valence-corrected chi connectivity index (χ1v) is 12.6. The number of amides is 2. The highest BCUT2D eigenvalue weighted by Crippen LogP contribution is 2.29. The third-order valence-corrected chi connectivity index (χ3v) is 6.37. The van der Waals surface area contributed by atoms with Gasteiger partial charge in [0.25, 0.3) is 0 Å². The van der Waals surface area contributed by atoms with Crippen LogP contribution in [0.5, 0.6) is 0 Å². The summed E-state index contributed by atoms with van der Waals surface area (Å²) in [5.41, 5.74) is 5.65. The Labute approximate surface area is 223 Å². The molecule has 0 radical (unpaired) electrons. The molecule has 0 fully saturated rings. The van der Waals surface area contributed by atoms with Crippen LogP contribution < -0.4 is 10.6 Å². The molecule has 2 amide bonds. The first-order valence-electron chi connectivity index (χ1n) is 12.6. The first-order chi connectivity index (χ1) is 18.3. The van der Waals surface area contributed by atoms with Crippen LogP contribution in [0.4, 0.5) is 16.3 Å². The van der Waals surface area contributed by atoms with E-state index in [-0.39, 0.29) is 11.4 Å². The zero-order valence-corrected chi connectivity index (χ0v) is 22.1. The molecule has 2 N–H and O–H groups in total. The summed E-state index contributed by atoms with van der Waals surface area (Å²) in [5, 5.41) is 12.9. The molecule has 0 saturated heterocycles. The molecule has 0 unspecified atom stereocenters. The van der Waals surface area contributed by atoms with Crippen LogP contribution in [0, 0.1) is 6.92 Å². The van der Waals surface area contributed by atoms with Gasteiger partial charge in [-0.3, -0.25) is 10.3 Å². The number of nitrogens with zero attached hydrogens (tertiary/aromatic N) is 3. The second-order valence-electron chi connectivity index (χ2n) is 10.4. The van der Waals surface area contributed by atoms with E-state index in [0.29, 0.717) is 5.82 Å². The Morgan fingerprint density at radius 3 is 2.26 bits per heavy atom. The maximum absolute atomic E-state index is 13.2. The Morgan fingerprint density at radius 2 is 1.55 bits per heavy atom. The molecule has 5 aromatic rings. The van der Waals surface area contributed by atoms with Crippen LogP contribution in [0.15, 0.2) is 91.3 Å². The third-order valence-electron chi connectivity index (χ3n) is 6.37. The van der Waals surface area contributed by atoms with Gasteiger partial charge in [-0.1, -0.05) is 81.0 Å². The number of carbonyl (C=O) groups excluding carboxylic acids is 1. The average Bonchev–Trinajstić information content (AvgIpc) is 3.33. The molecule has 6 heteroatoms. The molecule has 0 aliphatic heterocycles. The number of hydrogen-bond acceptors (Lipinski definition) is 3. The molecule has 0 saturated carbocycles. The third kappa shape index (κ3) is 5.49. The van der Waals surface area contributed by atoms with E-state index in [1.165, 1.54) is 0 Å². The van der Waals surface area contributed by atoms with Gasteiger partial charge in [-0.05, 0) is 53.8 Å². The van der Waals surface area contributed by atoms with Crippen LogP contribution in [0.1, 0.15) is 43.2 Å². The van der Waals surface area contributed by atoms with E-state index in [2.05, 4.69) is 54.6 Å². The average molecular weight is 502 g/mol. The fourth-order valence-corrected chi connectivity index (χ4v) is 4.23. The molecule has 0 atom stereocenters. The van der Waals surface area contributed by atoms with Crippen molar-refractivity contribution in [2.75, 3.05) is 10.6 Å². The molecule has 2 heterocycles. The van der Waals surface area contributed by atoms with Crippen molar-refractivity contribution in [3.05, 3.63) is 114 Å². The topological polar surface area (TPSA) is 71.8 Å². The fourth-order valence-electron chi connectivity index (χ4n) is 4.23. The summed E-state index contributed by atoms with van der Waals surface area (Å²) in [7, 11) is 0. The van der Waals surface area contributed by atoms with Crippen molar-refractivity contribution >= 4 is 40.5 Å². The highest BCUT2D eigenvalue weighted by atomic mass is 16.2. The number of fused-ring (bicyclic) bond motifs is 1. The summed E-state index contributed by atoms with van der Waals surface area (Å²) in [4.78, 5) is 17.3. The van der Waals surface area contributed by atoms with Crippen LogP contribution in [-0.4, -0.2) is 20.8 Å². The van der Waals surface area contributed by atoms with Crippen molar-refractivity contribution in [2.45, 2.75) is 33.1 Å². The van der Waals surface area contributed by atoms with E-state index < -0.39 is 0 Å². The number of nitrogens with one attached hydrogen (secondary N) is 2. The van der Waals surface area contributed by atoms with E-state index in [1.54, 1.807) is 17.1 Å². The summed E-state index contributed by atoms with van der Waals surface area (Å²) in [5.74, 6) is 0.609. The summed E-state index contributed by atoms with van der Waals surface area (Å²) >= 11 is 0. The minimum atomic E-state index is -0.330. The summed E-state index contributed by atoms with van der Waals surface area (Å²) in [6, 6.07) is 25.6. The largest absolute Gasteiger partial charge is 0.324 e. The molecule has 0 aliphatic carbocycles. The quantitative estimate of drug-likeness (QED) is 0.258. The maximum atomic E-state index is 13.2. The van der Waals surface area contributed by atoms with Crippen LogP contribution in [0.25, 0.3) is 28.6 Å². The second kappa shape index (κ2) is 10.3. The zero-order chi connectivity index (χ0) is 26.7. The number of rotatable bonds is 5. The lowest BCUT2D eigenvalue weighted by Gasteiger charge is -2.14. The Kier molecular flexibility index (Phi) is 6.79. The number of pyridine rings is 1. The number of aryl methyl sites for hydroxylation is 1. The van der Waals surface area contributed by atoms with Crippen molar-refractivity contribution in [1.29, 1.82) is 0 Å². The van der Waals surface area contributed by atoms with Gasteiger partial charge in [-0.2, -0.15) is 5.10 Å². The Balaban J connectivity index is 1.43. The molecule has 190 valence electrons. The van der Waals surface area contributed by atoms with Gasteiger partial charge in [0.05, 0.1) is 17.1 Å². The molecule has 38 heavy (non-hydrogen) atoms. The lowest BCUT2D eigenvalue weighted by atomic mass is 9.92. The summed E-state index contributed by atoms with van der Waals surface area (Å²) in [6.45, 7) is 8.37. The van der Waals surface area contributed by atoms with Gasteiger partial charge in [-0.15, -0.1) is 0 Å². The number of hydrogen-bond donors (Lipinski definition) is 2. The molecular weight excluding hydrogens is 470 g/mol. The van der Waals surface area contributed by atoms with Gasteiger partial charge in [0.2, 0.25) is 0 Å². The van der Waals surface area contributed by atoms with Gasteiger partial charge in [0, 0.05) is 29.3 Å². The number of anilines is 2. The Morgan fingerprint density at radius 1 is 0.842 bits per heavy atom. The van der Waals surface area contributed by atoms with Gasteiger partial charge in [-0.25, -0.2) is 9.48 Å². The van der Waals surface area contributed by atoms with Crippen LogP contribution in [-0.2, 0) is 5.41 Å². The highest BCUT2D eigenvalue weighted by molar-refractivity contribution is 6.08. The number of urea groups is 1. The predicted octanol–water partition coefficient (Wildman–Crippen LogP) is 7.84. The molecule has 0 aliphatic rings. The lowest BCUT2D eigenvalue weighted by Crippen LogP contribution is -2.21. The summed E-state index contributed by atoms with van der Waals surface area (Å²) in [6.07, 6.45) is 7.69. The van der Waals surface area contributed by atoms with Crippen molar-refractivity contribution < 1.29 is 4.79 Å². The van der Waals surface area contributed by atoms with E-state index >= 15 is 0 Å². The first kappa shape index (κ1) is 25.0. The van der Waals surface area contributed by atoms with Gasteiger partial charge in [0.1, 0.15) is 5.82 Å². The summed E-state index contributed by atoms with van der Waals surface area (Å²) < 4.78 is 1.78. The van der Waals surface area contributed by atoms with Gasteiger partial charge in [0.15, 0.2) is 0 Å². The molecule has 6 nitrogen and oxygen atoms in total. The zero-order valence-electron chi connectivity index (χ0n) is 22.1. The Bertz CT molecular complexity index is 1610. The van der Waals surface area contributed by atoms with E-state index in [4.69, 9.17) is 5.10 Å². The van der Waals surface area contributed by atoms with Gasteiger partial charge < -0.3 is 5.32 Å². The minimum Gasteiger partial charge on any atom is -0.307 e. The molecule has 2 aromatic heterocycles. The van der Waals surface area contributed by atoms with Crippen LogP contribution in [0.2, 0.25) is 0 Å². The van der Waals surface area contributed by atoms with Gasteiger partial charge >= 0.3 is 6.03 Å². The normalized spacial score (nSPS) is 11.7. The predicted molar refractivity (Wildman–Crippen MR) is 157 cm³/mol. The molecule has 0 spiro atoms.